The summed E-state index contributed by atoms with van der Waals surface area (Å²) in [5.74, 6) is 0.517. The van der Waals surface area contributed by atoms with Crippen molar-refractivity contribution in [3.8, 4) is 0 Å². The number of aromatic nitrogens is 1. The molecule has 1 aliphatic heterocycles. The number of aliphatic hydroxyl groups excluding tert-OH is 1. The van der Waals surface area contributed by atoms with Crippen LogP contribution in [0.4, 0.5) is 0 Å². The lowest BCUT2D eigenvalue weighted by Crippen LogP contribution is -2.52. The van der Waals surface area contributed by atoms with E-state index in [1.807, 2.05) is 12.1 Å². The van der Waals surface area contributed by atoms with E-state index in [1.165, 1.54) is 5.57 Å². The zero-order valence-electron chi connectivity index (χ0n) is 15.1. The van der Waals surface area contributed by atoms with Gasteiger partial charge >= 0.3 is 0 Å². The fourth-order valence-electron chi connectivity index (χ4n) is 4.38. The molecule has 0 spiro atoms. The minimum absolute atomic E-state index is 0.117. The number of allylic oxidation sites excluding steroid dienone is 2. The number of hydrogen-bond acceptors (Lipinski definition) is 3. The molecule has 144 valence electrons. The molecule has 1 aromatic carbocycles. The maximum absolute atomic E-state index is 13.0. The number of hydrogen-bond donors (Lipinski definition) is 3. The Balaban J connectivity index is 1.41. The molecule has 0 saturated heterocycles. The van der Waals surface area contributed by atoms with Gasteiger partial charge in [0.15, 0.2) is 0 Å². The highest BCUT2D eigenvalue weighted by molar-refractivity contribution is 6.31. The molecule has 3 N–H and O–H groups in total. The Kier molecular flexibility index (Phi) is 4.07. The normalized spacial score (nSPS) is 25.7. The van der Waals surface area contributed by atoms with Gasteiger partial charge in [-0.25, -0.2) is 0 Å². The smallest absolute Gasteiger partial charge is 0.268 e. The molecule has 1 aromatic heterocycles. The monoisotopic (exact) mass is 397 g/mol. The number of halogens is 1. The van der Waals surface area contributed by atoms with Crippen LogP contribution in [0.5, 0.6) is 0 Å². The maximum atomic E-state index is 13.0. The summed E-state index contributed by atoms with van der Waals surface area (Å²) in [6.07, 6.45) is 5.77. The van der Waals surface area contributed by atoms with Crippen molar-refractivity contribution in [1.82, 2.24) is 15.2 Å². The number of amides is 2. The first-order valence-electron chi connectivity index (χ1n) is 9.48. The lowest BCUT2D eigenvalue weighted by Gasteiger charge is -2.36. The molecule has 2 aromatic rings. The molecule has 2 unspecified atom stereocenters. The van der Waals surface area contributed by atoms with Crippen LogP contribution in [-0.4, -0.2) is 46.0 Å². The van der Waals surface area contributed by atoms with Crippen LogP contribution < -0.4 is 5.32 Å². The van der Waals surface area contributed by atoms with Crippen LogP contribution in [0.25, 0.3) is 10.9 Å². The third-order valence-corrected chi connectivity index (χ3v) is 6.09. The summed E-state index contributed by atoms with van der Waals surface area (Å²) >= 11 is 6.01. The van der Waals surface area contributed by atoms with Crippen LogP contribution >= 0.6 is 11.6 Å². The van der Waals surface area contributed by atoms with Gasteiger partial charge in [-0.1, -0.05) is 17.7 Å². The summed E-state index contributed by atoms with van der Waals surface area (Å²) in [5.41, 5.74) is 3.33. The number of nitrogens with one attached hydrogen (secondary N) is 2. The van der Waals surface area contributed by atoms with Gasteiger partial charge in [0.1, 0.15) is 11.7 Å². The maximum Gasteiger partial charge on any atom is 0.268 e. The van der Waals surface area contributed by atoms with Gasteiger partial charge in [0.25, 0.3) is 5.91 Å². The highest BCUT2D eigenvalue weighted by Crippen LogP contribution is 2.52. The van der Waals surface area contributed by atoms with E-state index >= 15 is 0 Å². The topological polar surface area (TPSA) is 85.4 Å². The Morgan fingerprint density at radius 1 is 1.36 bits per heavy atom. The highest BCUT2D eigenvalue weighted by Gasteiger charge is 2.46. The zero-order chi connectivity index (χ0) is 19.4. The van der Waals surface area contributed by atoms with Gasteiger partial charge in [-0.2, -0.15) is 0 Å². The van der Waals surface area contributed by atoms with Crippen molar-refractivity contribution in [2.45, 2.75) is 18.9 Å². The third kappa shape index (κ3) is 2.84. The van der Waals surface area contributed by atoms with Gasteiger partial charge in [-0.3, -0.25) is 9.59 Å². The number of nitrogens with zero attached hydrogens (tertiary/aromatic N) is 1. The first kappa shape index (κ1) is 17.5. The quantitative estimate of drug-likeness (QED) is 0.741. The van der Waals surface area contributed by atoms with Crippen LogP contribution in [0.15, 0.2) is 47.7 Å². The molecular weight excluding hydrogens is 378 g/mol. The molecule has 2 aliphatic carbocycles. The minimum Gasteiger partial charge on any atom is -0.395 e. The number of carbonyl (C=O) groups is 2. The van der Waals surface area contributed by atoms with Crippen molar-refractivity contribution in [2.24, 2.45) is 11.8 Å². The second-order valence-electron chi connectivity index (χ2n) is 7.63. The average Bonchev–Trinajstić information content (AvgIpc) is 3.35. The molecule has 1 saturated carbocycles. The van der Waals surface area contributed by atoms with E-state index in [-0.39, 0.29) is 25.0 Å². The second kappa shape index (κ2) is 6.50. The summed E-state index contributed by atoms with van der Waals surface area (Å²) in [4.78, 5) is 30.5. The standard InChI is InChI=1S/C21H20ClN3O3/c22-13-2-3-16-12(7-13)9-17(23-16)20(27)24-18-10-15-14-8-11(14)1-4-19(15)25(5-6-26)21(18)28/h1-4,7,9,11,14,18,23,26H,5-6,8,10H2,(H,24,27)/t11-,14?,18?/m1/s1. The number of rotatable bonds is 4. The van der Waals surface area contributed by atoms with Crippen molar-refractivity contribution in [1.29, 1.82) is 0 Å². The Labute approximate surface area is 166 Å². The fraction of sp³-hybridized carbons (Fsp3) is 0.333. The van der Waals surface area contributed by atoms with Crippen LogP contribution in [0, 0.1) is 11.8 Å². The van der Waals surface area contributed by atoms with Crippen molar-refractivity contribution < 1.29 is 14.7 Å². The average molecular weight is 398 g/mol. The van der Waals surface area contributed by atoms with E-state index in [2.05, 4.69) is 16.4 Å². The Morgan fingerprint density at radius 3 is 3.04 bits per heavy atom. The van der Waals surface area contributed by atoms with E-state index in [4.69, 9.17) is 11.6 Å². The number of fused-ring (bicyclic) bond motifs is 3. The molecule has 1 fully saturated rings. The molecule has 3 atom stereocenters. The third-order valence-electron chi connectivity index (χ3n) is 5.85. The molecule has 3 aliphatic rings. The highest BCUT2D eigenvalue weighted by atomic mass is 35.5. The van der Waals surface area contributed by atoms with Crippen LogP contribution in [0.3, 0.4) is 0 Å². The molecule has 0 radical (unpaired) electrons. The van der Waals surface area contributed by atoms with Gasteiger partial charge in [-0.05, 0) is 54.2 Å². The summed E-state index contributed by atoms with van der Waals surface area (Å²) in [6.45, 7) is 0.116. The fourth-order valence-corrected chi connectivity index (χ4v) is 4.56. The van der Waals surface area contributed by atoms with Crippen molar-refractivity contribution >= 4 is 34.3 Å². The molecule has 2 heterocycles. The lowest BCUT2D eigenvalue weighted by atomic mass is 9.90. The van der Waals surface area contributed by atoms with Crippen molar-refractivity contribution in [3.63, 3.8) is 0 Å². The van der Waals surface area contributed by atoms with E-state index < -0.39 is 6.04 Å². The summed E-state index contributed by atoms with van der Waals surface area (Å²) in [7, 11) is 0. The number of carbonyl (C=O) groups excluding carboxylic acids is 2. The van der Waals surface area contributed by atoms with Gasteiger partial charge in [0.2, 0.25) is 5.91 Å². The molecule has 7 heteroatoms. The molecule has 0 bridgehead atoms. The lowest BCUT2D eigenvalue weighted by molar-refractivity contribution is -0.132. The number of β-amino-alcohol motifs (C(OH)–C–C–N with tert-alkyl or cyclic N) is 1. The number of aliphatic hydroxyl groups is 1. The largest absolute Gasteiger partial charge is 0.395 e. The van der Waals surface area contributed by atoms with E-state index in [1.54, 1.807) is 23.1 Å². The van der Waals surface area contributed by atoms with Crippen LogP contribution in [0.2, 0.25) is 5.02 Å². The SMILES string of the molecule is O=C(NC1CC2=C(C=C[C@@H]3CC23)N(CCO)C1=O)c1cc2cc(Cl)ccc2[nH]1. The molecule has 2 amide bonds. The van der Waals surface area contributed by atoms with E-state index in [9.17, 15) is 14.7 Å². The number of benzene rings is 1. The second-order valence-corrected chi connectivity index (χ2v) is 8.07. The molecule has 28 heavy (non-hydrogen) atoms. The summed E-state index contributed by atoms with van der Waals surface area (Å²) in [6, 6.07) is 6.48. The first-order valence-corrected chi connectivity index (χ1v) is 9.85. The minimum atomic E-state index is -0.624. The van der Waals surface area contributed by atoms with Gasteiger partial charge < -0.3 is 20.3 Å². The van der Waals surface area contributed by atoms with Gasteiger partial charge in [-0.15, -0.1) is 0 Å². The summed E-state index contributed by atoms with van der Waals surface area (Å²) < 4.78 is 0. The Hall–Kier alpha value is -2.57. The molecular formula is C21H20ClN3O3. The van der Waals surface area contributed by atoms with Crippen LogP contribution in [-0.2, 0) is 4.79 Å². The van der Waals surface area contributed by atoms with Crippen molar-refractivity contribution in [2.75, 3.05) is 13.2 Å². The predicted molar refractivity (Wildman–Crippen MR) is 106 cm³/mol. The van der Waals surface area contributed by atoms with Gasteiger partial charge in [0, 0.05) is 34.6 Å². The van der Waals surface area contributed by atoms with Crippen molar-refractivity contribution in [3.05, 3.63) is 58.4 Å². The van der Waals surface area contributed by atoms with Gasteiger partial charge in [0.05, 0.1) is 6.61 Å². The van der Waals surface area contributed by atoms with E-state index in [0.717, 1.165) is 23.0 Å². The number of H-pyrrole nitrogens is 1. The Morgan fingerprint density at radius 2 is 2.21 bits per heavy atom. The summed E-state index contributed by atoms with van der Waals surface area (Å²) in [5, 5.41) is 13.7. The molecule has 6 nitrogen and oxygen atoms in total. The van der Waals surface area contributed by atoms with Crippen LogP contribution in [0.1, 0.15) is 23.3 Å². The number of aromatic amines is 1. The predicted octanol–water partition coefficient (Wildman–Crippen LogP) is 2.60. The zero-order valence-corrected chi connectivity index (χ0v) is 15.9. The first-order chi connectivity index (χ1) is 13.5. The molecule has 5 rings (SSSR count). The Bertz CT molecular complexity index is 1050. The van der Waals surface area contributed by atoms with E-state index in [0.29, 0.717) is 29.0 Å².